The molecule has 0 bridgehead atoms. The van der Waals surface area contributed by atoms with Crippen molar-refractivity contribution in [2.75, 3.05) is 36.0 Å². The third-order valence-corrected chi connectivity index (χ3v) is 3.76. The molecule has 0 N–H and O–H groups in total. The first-order valence-electron chi connectivity index (χ1n) is 6.62. The highest BCUT2D eigenvalue weighted by molar-refractivity contribution is 6.29. The summed E-state index contributed by atoms with van der Waals surface area (Å²) in [5.74, 6) is 0.899. The minimum Gasteiger partial charge on any atom is -0.368 e. The number of hydrogen-bond donors (Lipinski definition) is 0. The van der Waals surface area contributed by atoms with Crippen LogP contribution in [0.2, 0.25) is 5.15 Å². The Balaban J connectivity index is 1.70. The molecule has 0 atom stereocenters. The van der Waals surface area contributed by atoms with Crippen LogP contribution in [0.25, 0.3) is 0 Å². The number of aromatic nitrogens is 3. The van der Waals surface area contributed by atoms with Gasteiger partial charge in [-0.2, -0.15) is 0 Å². The second-order valence-corrected chi connectivity index (χ2v) is 5.22. The molecule has 2 aromatic rings. The summed E-state index contributed by atoms with van der Waals surface area (Å²) in [6, 6.07) is 3.89. The number of rotatable bonds is 2. The van der Waals surface area contributed by atoms with Gasteiger partial charge in [0.2, 0.25) is 0 Å². The second-order valence-electron chi connectivity index (χ2n) is 4.84. The third-order valence-electron chi connectivity index (χ3n) is 3.55. The summed E-state index contributed by atoms with van der Waals surface area (Å²) < 4.78 is 0. The largest absolute Gasteiger partial charge is 0.368 e. The number of anilines is 2. The zero-order valence-corrected chi connectivity index (χ0v) is 12.1. The quantitative estimate of drug-likeness (QED) is 0.793. The number of hydrogen-bond acceptors (Lipinski definition) is 5. The Kier molecular flexibility index (Phi) is 3.69. The van der Waals surface area contributed by atoms with E-state index in [2.05, 4.69) is 37.7 Å². The summed E-state index contributed by atoms with van der Waals surface area (Å²) in [7, 11) is 0. The molecule has 1 fully saturated rings. The monoisotopic (exact) mass is 289 g/mol. The molecule has 0 aromatic carbocycles. The zero-order chi connectivity index (χ0) is 13.9. The van der Waals surface area contributed by atoms with E-state index in [1.165, 1.54) is 17.6 Å². The van der Waals surface area contributed by atoms with E-state index in [9.17, 15) is 0 Å². The lowest BCUT2D eigenvalue weighted by Crippen LogP contribution is -2.47. The summed E-state index contributed by atoms with van der Waals surface area (Å²) in [6.07, 6.45) is 5.27. The van der Waals surface area contributed by atoms with Crippen molar-refractivity contribution in [3.63, 3.8) is 0 Å². The van der Waals surface area contributed by atoms with E-state index in [4.69, 9.17) is 11.6 Å². The predicted molar refractivity (Wildman–Crippen MR) is 80.4 cm³/mol. The summed E-state index contributed by atoms with van der Waals surface area (Å²) in [6.45, 7) is 5.88. The molecule has 0 unspecified atom stereocenters. The molecular formula is C14H16ClN5. The van der Waals surface area contributed by atoms with Crippen LogP contribution in [0.5, 0.6) is 0 Å². The van der Waals surface area contributed by atoms with Gasteiger partial charge in [-0.25, -0.2) is 9.97 Å². The van der Waals surface area contributed by atoms with Gasteiger partial charge in [-0.05, 0) is 18.6 Å². The zero-order valence-electron chi connectivity index (χ0n) is 11.3. The van der Waals surface area contributed by atoms with Crippen molar-refractivity contribution >= 4 is 23.1 Å². The smallest absolute Gasteiger partial charge is 0.134 e. The topological polar surface area (TPSA) is 45.2 Å². The number of halogens is 1. The fraction of sp³-hybridized carbons (Fsp3) is 0.357. The molecule has 3 heterocycles. The highest BCUT2D eigenvalue weighted by Crippen LogP contribution is 2.22. The summed E-state index contributed by atoms with van der Waals surface area (Å²) in [5, 5.41) is 0.488. The van der Waals surface area contributed by atoms with Crippen molar-refractivity contribution in [3.05, 3.63) is 41.6 Å². The van der Waals surface area contributed by atoms with Crippen LogP contribution in [-0.2, 0) is 0 Å². The van der Waals surface area contributed by atoms with Crippen LogP contribution >= 0.6 is 11.6 Å². The molecule has 0 radical (unpaired) electrons. The van der Waals surface area contributed by atoms with Crippen LogP contribution in [0.15, 0.2) is 30.9 Å². The minimum absolute atomic E-state index is 0.488. The van der Waals surface area contributed by atoms with Gasteiger partial charge >= 0.3 is 0 Å². The van der Waals surface area contributed by atoms with Crippen molar-refractivity contribution in [1.29, 1.82) is 0 Å². The maximum absolute atomic E-state index is 5.91. The number of pyridine rings is 1. The molecule has 0 saturated carbocycles. The van der Waals surface area contributed by atoms with Crippen LogP contribution in [0, 0.1) is 6.92 Å². The lowest BCUT2D eigenvalue weighted by Gasteiger charge is -2.37. The molecule has 1 saturated heterocycles. The number of aryl methyl sites for hydroxylation is 1. The summed E-state index contributed by atoms with van der Waals surface area (Å²) >= 11 is 5.91. The molecule has 1 aliphatic heterocycles. The van der Waals surface area contributed by atoms with Gasteiger partial charge in [0.15, 0.2) is 0 Å². The average molecular weight is 290 g/mol. The van der Waals surface area contributed by atoms with Gasteiger partial charge in [0.05, 0.1) is 0 Å². The molecule has 20 heavy (non-hydrogen) atoms. The lowest BCUT2D eigenvalue weighted by molar-refractivity contribution is 0.645. The predicted octanol–water partition coefficient (Wildman–Crippen LogP) is 2.16. The van der Waals surface area contributed by atoms with Gasteiger partial charge in [-0.1, -0.05) is 11.6 Å². The van der Waals surface area contributed by atoms with Crippen LogP contribution < -0.4 is 9.80 Å². The standard InChI is InChI=1S/C14H16ClN5/c1-11-9-16-3-2-12(11)19-4-6-20(7-5-19)14-8-13(15)17-10-18-14/h2-3,8-10H,4-7H2,1H3. The van der Waals surface area contributed by atoms with Gasteiger partial charge in [0.25, 0.3) is 0 Å². The van der Waals surface area contributed by atoms with Crippen molar-refractivity contribution < 1.29 is 0 Å². The fourth-order valence-electron chi connectivity index (χ4n) is 2.49. The van der Waals surface area contributed by atoms with Crippen molar-refractivity contribution in [3.8, 4) is 0 Å². The molecule has 3 rings (SSSR count). The normalized spacial score (nSPS) is 15.5. The van der Waals surface area contributed by atoms with E-state index in [0.717, 1.165) is 32.0 Å². The first-order valence-corrected chi connectivity index (χ1v) is 7.00. The Morgan fingerprint density at radius 3 is 2.55 bits per heavy atom. The van der Waals surface area contributed by atoms with Crippen molar-refractivity contribution in [1.82, 2.24) is 15.0 Å². The maximum Gasteiger partial charge on any atom is 0.134 e. The van der Waals surface area contributed by atoms with Gasteiger partial charge in [-0.3, -0.25) is 4.98 Å². The Hall–Kier alpha value is -1.88. The maximum atomic E-state index is 5.91. The number of piperazine rings is 1. The molecule has 0 spiro atoms. The van der Waals surface area contributed by atoms with E-state index in [-0.39, 0.29) is 0 Å². The SMILES string of the molecule is Cc1cnccc1N1CCN(c2cc(Cl)ncn2)CC1. The highest BCUT2D eigenvalue weighted by Gasteiger charge is 2.19. The molecule has 0 aliphatic carbocycles. The van der Waals surface area contributed by atoms with Crippen LogP contribution in [0.3, 0.4) is 0 Å². The fourth-order valence-corrected chi connectivity index (χ4v) is 2.64. The number of nitrogens with zero attached hydrogens (tertiary/aromatic N) is 5. The second kappa shape index (κ2) is 5.63. The molecule has 0 amide bonds. The van der Waals surface area contributed by atoms with Crippen LogP contribution in [0.1, 0.15) is 5.56 Å². The van der Waals surface area contributed by atoms with Crippen molar-refractivity contribution in [2.24, 2.45) is 0 Å². The van der Waals surface area contributed by atoms with E-state index in [1.54, 1.807) is 0 Å². The van der Waals surface area contributed by atoms with Gasteiger partial charge in [-0.15, -0.1) is 0 Å². The van der Waals surface area contributed by atoms with Gasteiger partial charge in [0, 0.05) is 50.3 Å². The van der Waals surface area contributed by atoms with Crippen LogP contribution in [-0.4, -0.2) is 41.1 Å². The van der Waals surface area contributed by atoms with Crippen molar-refractivity contribution in [2.45, 2.75) is 6.92 Å². The molecular weight excluding hydrogens is 274 g/mol. The summed E-state index contributed by atoms with van der Waals surface area (Å²) in [5.41, 5.74) is 2.48. The Labute approximate surface area is 123 Å². The highest BCUT2D eigenvalue weighted by atomic mass is 35.5. The minimum atomic E-state index is 0.488. The Morgan fingerprint density at radius 1 is 1.10 bits per heavy atom. The molecule has 5 nitrogen and oxygen atoms in total. The van der Waals surface area contributed by atoms with E-state index < -0.39 is 0 Å². The van der Waals surface area contributed by atoms with Crippen LogP contribution in [0.4, 0.5) is 11.5 Å². The first kappa shape index (κ1) is 13.1. The Bertz CT molecular complexity index is 596. The molecule has 2 aromatic heterocycles. The van der Waals surface area contributed by atoms with E-state index >= 15 is 0 Å². The third kappa shape index (κ3) is 2.67. The molecule has 1 aliphatic rings. The van der Waals surface area contributed by atoms with E-state index in [1.807, 2.05) is 18.5 Å². The molecule has 6 heteroatoms. The van der Waals surface area contributed by atoms with Gasteiger partial charge < -0.3 is 9.80 Å². The van der Waals surface area contributed by atoms with E-state index in [0.29, 0.717) is 5.15 Å². The lowest BCUT2D eigenvalue weighted by atomic mass is 10.2. The Morgan fingerprint density at radius 2 is 1.85 bits per heavy atom. The summed E-state index contributed by atoms with van der Waals surface area (Å²) in [4.78, 5) is 17.0. The van der Waals surface area contributed by atoms with Gasteiger partial charge in [0.1, 0.15) is 17.3 Å². The average Bonchev–Trinajstić information content (AvgIpc) is 2.48. The molecule has 104 valence electrons. The first-order chi connectivity index (χ1) is 9.74.